The highest BCUT2D eigenvalue weighted by Crippen LogP contribution is 2.33. The smallest absolute Gasteiger partial charge is 0.211 e. The first kappa shape index (κ1) is 20.9. The average molecular weight is 422 g/mol. The maximum atomic E-state index is 13.7. The number of ether oxygens (including phenoxy) is 3. The maximum absolute atomic E-state index is 13.7. The predicted molar refractivity (Wildman–Crippen MR) is 116 cm³/mol. The summed E-state index contributed by atoms with van der Waals surface area (Å²) >= 11 is 0. The van der Waals surface area contributed by atoms with Crippen LogP contribution in [-0.2, 0) is 4.74 Å². The third-order valence-corrected chi connectivity index (χ3v) is 5.55. The highest BCUT2D eigenvalue weighted by atomic mass is 16.5. The fourth-order valence-electron chi connectivity index (χ4n) is 3.87. The van der Waals surface area contributed by atoms with Crippen molar-refractivity contribution < 1.29 is 23.5 Å². The van der Waals surface area contributed by atoms with Crippen LogP contribution in [0.2, 0.25) is 0 Å². The van der Waals surface area contributed by atoms with Crippen molar-refractivity contribution in [2.75, 3.05) is 32.8 Å². The lowest BCUT2D eigenvalue weighted by atomic mass is 9.89. The Morgan fingerprint density at radius 3 is 2.39 bits per heavy atom. The Morgan fingerprint density at radius 2 is 1.74 bits per heavy atom. The third kappa shape index (κ3) is 4.72. The minimum absolute atomic E-state index is 0.150. The number of aromatic nitrogens is 1. The van der Waals surface area contributed by atoms with Gasteiger partial charge in [0, 0.05) is 42.7 Å². The molecular weight excluding hydrogens is 396 g/mol. The van der Waals surface area contributed by atoms with Crippen molar-refractivity contribution in [2.45, 2.75) is 24.8 Å². The Bertz CT molecular complexity index is 990. The van der Waals surface area contributed by atoms with Gasteiger partial charge in [0.15, 0.2) is 5.69 Å². The summed E-state index contributed by atoms with van der Waals surface area (Å²) < 4.78 is 21.5. The van der Waals surface area contributed by atoms with E-state index in [0.717, 1.165) is 24.0 Å². The van der Waals surface area contributed by atoms with Gasteiger partial charge in [-0.3, -0.25) is 4.79 Å². The molecule has 2 heterocycles. The number of nitrogens with one attached hydrogen (secondary N) is 1. The van der Waals surface area contributed by atoms with E-state index in [-0.39, 0.29) is 11.7 Å². The second kappa shape index (κ2) is 9.66. The first-order chi connectivity index (χ1) is 15.2. The maximum Gasteiger partial charge on any atom is 0.211 e. The van der Waals surface area contributed by atoms with Crippen LogP contribution in [0.1, 0.15) is 46.4 Å². The molecule has 0 saturated carbocycles. The number of carbonyl (C=O) groups excluding carboxylic acids is 1. The van der Waals surface area contributed by atoms with Crippen molar-refractivity contribution in [3.05, 3.63) is 71.6 Å². The number of hydrogen-bond acceptors (Lipinski definition) is 7. The molecule has 1 unspecified atom stereocenters. The third-order valence-electron chi connectivity index (χ3n) is 5.55. The van der Waals surface area contributed by atoms with Gasteiger partial charge in [-0.25, -0.2) is 0 Å². The molecule has 0 bridgehead atoms. The van der Waals surface area contributed by atoms with Crippen LogP contribution >= 0.6 is 0 Å². The topological polar surface area (TPSA) is 82.8 Å². The Balaban J connectivity index is 1.69. The van der Waals surface area contributed by atoms with Gasteiger partial charge in [0.25, 0.3) is 0 Å². The molecule has 1 aliphatic rings. The van der Waals surface area contributed by atoms with Crippen LogP contribution in [0.25, 0.3) is 0 Å². The van der Waals surface area contributed by atoms with Crippen LogP contribution in [0, 0.1) is 0 Å². The zero-order chi connectivity index (χ0) is 21.6. The highest BCUT2D eigenvalue weighted by Gasteiger charge is 2.31. The SMILES string of the molecule is COc1cc(NC(C(=O)c2nocc2C2CCOCC2)c2ccccc2)cc(OC)c1. The van der Waals surface area contributed by atoms with Gasteiger partial charge in [0.05, 0.1) is 14.2 Å². The van der Waals surface area contributed by atoms with Crippen LogP contribution in [0.4, 0.5) is 5.69 Å². The van der Waals surface area contributed by atoms with Crippen LogP contribution < -0.4 is 14.8 Å². The number of ketones is 1. The molecule has 1 N–H and O–H groups in total. The van der Waals surface area contributed by atoms with Gasteiger partial charge in [0.1, 0.15) is 23.8 Å². The molecule has 0 aliphatic carbocycles. The molecule has 31 heavy (non-hydrogen) atoms. The first-order valence-corrected chi connectivity index (χ1v) is 10.3. The average Bonchev–Trinajstić information content (AvgIpc) is 3.33. The number of carbonyl (C=O) groups is 1. The lowest BCUT2D eigenvalue weighted by Crippen LogP contribution is -2.24. The summed E-state index contributed by atoms with van der Waals surface area (Å²) in [7, 11) is 3.18. The molecule has 1 saturated heterocycles. The summed E-state index contributed by atoms with van der Waals surface area (Å²) in [4.78, 5) is 13.7. The molecule has 7 heteroatoms. The Kier molecular flexibility index (Phi) is 6.52. The number of hydrogen-bond donors (Lipinski definition) is 1. The van der Waals surface area contributed by atoms with Gasteiger partial charge in [0.2, 0.25) is 5.78 Å². The normalized spacial score (nSPS) is 15.3. The molecule has 1 aromatic heterocycles. The van der Waals surface area contributed by atoms with E-state index in [9.17, 15) is 4.79 Å². The van der Waals surface area contributed by atoms with Crippen molar-refractivity contribution >= 4 is 11.5 Å². The van der Waals surface area contributed by atoms with Crippen molar-refractivity contribution in [2.24, 2.45) is 0 Å². The highest BCUT2D eigenvalue weighted by molar-refractivity contribution is 6.02. The summed E-state index contributed by atoms with van der Waals surface area (Å²) in [6.45, 7) is 1.35. The lowest BCUT2D eigenvalue weighted by molar-refractivity contribution is 0.0842. The summed E-state index contributed by atoms with van der Waals surface area (Å²) in [5.74, 6) is 1.31. The molecule has 0 spiro atoms. The molecule has 1 aliphatic heterocycles. The van der Waals surface area contributed by atoms with Crippen molar-refractivity contribution in [1.29, 1.82) is 0 Å². The number of anilines is 1. The van der Waals surface area contributed by atoms with Crippen LogP contribution in [-0.4, -0.2) is 38.4 Å². The van der Waals surface area contributed by atoms with Crippen molar-refractivity contribution in [1.82, 2.24) is 5.16 Å². The lowest BCUT2D eigenvalue weighted by Gasteiger charge is -2.23. The number of Topliss-reactive ketones (excluding diaryl/α,β-unsaturated/α-hetero) is 1. The number of benzene rings is 2. The Hall–Kier alpha value is -3.32. The van der Waals surface area contributed by atoms with Gasteiger partial charge in [-0.05, 0) is 24.3 Å². The van der Waals surface area contributed by atoms with Gasteiger partial charge >= 0.3 is 0 Å². The first-order valence-electron chi connectivity index (χ1n) is 10.3. The Labute approximate surface area is 181 Å². The van der Waals surface area contributed by atoms with Crippen molar-refractivity contribution in [3.8, 4) is 11.5 Å². The predicted octanol–water partition coefficient (Wildman–Crippen LogP) is 4.62. The molecule has 0 radical (unpaired) electrons. The van der Waals surface area contributed by atoms with E-state index in [4.69, 9.17) is 18.7 Å². The number of rotatable bonds is 8. The van der Waals surface area contributed by atoms with E-state index >= 15 is 0 Å². The molecule has 1 atom stereocenters. The van der Waals surface area contributed by atoms with E-state index in [1.54, 1.807) is 26.5 Å². The minimum Gasteiger partial charge on any atom is -0.497 e. The molecule has 4 rings (SSSR count). The molecule has 162 valence electrons. The fraction of sp³-hybridized carbons (Fsp3) is 0.333. The standard InChI is InChI=1S/C24H26N2O5/c1-28-19-12-18(13-20(14-19)29-2)25-22(17-6-4-3-5-7-17)24(27)23-21(15-31-26-23)16-8-10-30-11-9-16/h3-7,12-16,22,25H,8-11H2,1-2H3. The molecule has 1 fully saturated rings. The van der Waals surface area contributed by atoms with Gasteiger partial charge < -0.3 is 24.1 Å². The van der Waals surface area contributed by atoms with Crippen LogP contribution in [0.5, 0.6) is 11.5 Å². The van der Waals surface area contributed by atoms with Gasteiger partial charge in [-0.15, -0.1) is 0 Å². The summed E-state index contributed by atoms with van der Waals surface area (Å²) in [6.07, 6.45) is 3.29. The summed E-state index contributed by atoms with van der Waals surface area (Å²) in [5.41, 5.74) is 2.74. The van der Waals surface area contributed by atoms with Gasteiger partial charge in [-0.2, -0.15) is 0 Å². The molecule has 0 amide bonds. The van der Waals surface area contributed by atoms with Crippen LogP contribution in [0.15, 0.2) is 59.3 Å². The van der Waals surface area contributed by atoms with E-state index < -0.39 is 6.04 Å². The monoisotopic (exact) mass is 422 g/mol. The van der Waals surface area contributed by atoms with E-state index in [0.29, 0.717) is 36.1 Å². The number of methoxy groups -OCH3 is 2. The molecule has 7 nitrogen and oxygen atoms in total. The summed E-state index contributed by atoms with van der Waals surface area (Å²) in [6, 6.07) is 14.4. The van der Waals surface area contributed by atoms with Crippen molar-refractivity contribution in [3.63, 3.8) is 0 Å². The second-order valence-corrected chi connectivity index (χ2v) is 7.46. The summed E-state index contributed by atoms with van der Waals surface area (Å²) in [5, 5.41) is 7.44. The van der Waals surface area contributed by atoms with Crippen LogP contribution in [0.3, 0.4) is 0 Å². The quantitative estimate of drug-likeness (QED) is 0.530. The second-order valence-electron chi connectivity index (χ2n) is 7.46. The zero-order valence-corrected chi connectivity index (χ0v) is 17.7. The van der Waals surface area contributed by atoms with E-state index in [2.05, 4.69) is 10.5 Å². The van der Waals surface area contributed by atoms with E-state index in [1.807, 2.05) is 42.5 Å². The van der Waals surface area contributed by atoms with Gasteiger partial charge in [-0.1, -0.05) is 35.5 Å². The molecular formula is C24H26N2O5. The van der Waals surface area contributed by atoms with E-state index in [1.165, 1.54) is 0 Å². The largest absolute Gasteiger partial charge is 0.497 e. The minimum atomic E-state index is -0.651. The number of nitrogens with zero attached hydrogens (tertiary/aromatic N) is 1. The Morgan fingerprint density at radius 1 is 1.06 bits per heavy atom. The molecule has 3 aromatic rings. The molecule has 2 aromatic carbocycles. The fourth-order valence-corrected chi connectivity index (χ4v) is 3.87. The zero-order valence-electron chi connectivity index (χ0n) is 17.7.